The molecule has 0 bridgehead atoms. The number of rotatable bonds is 67. The molecule has 8 aromatic rings. The molecule has 3 unspecified atom stereocenters. The molecule has 642 valence electrons. The predicted molar refractivity (Wildman–Crippen MR) is 516 cm³/mol. The molecule has 6 heterocycles. The summed E-state index contributed by atoms with van der Waals surface area (Å²) in [5.74, 6) is 1.95. The molecule has 0 saturated carbocycles. The van der Waals surface area contributed by atoms with Crippen molar-refractivity contribution in [1.29, 1.82) is 0 Å². The summed E-state index contributed by atoms with van der Waals surface area (Å²) in [5, 5.41) is 0. The van der Waals surface area contributed by atoms with Gasteiger partial charge in [0.1, 0.15) is 22.1 Å². The maximum atomic E-state index is 17.2. The zero-order valence-corrected chi connectivity index (χ0v) is 79.6. The third-order valence-corrected chi connectivity index (χ3v) is 33.4. The summed E-state index contributed by atoms with van der Waals surface area (Å²) in [6.07, 6.45) is 79.7. The Hall–Kier alpha value is -3.78. The molecule has 0 amide bonds. The molecule has 12 heteroatoms. The highest BCUT2D eigenvalue weighted by Gasteiger charge is 2.50. The van der Waals surface area contributed by atoms with Crippen molar-refractivity contribution in [2.75, 3.05) is 0 Å². The molecular formula is C104H158N4O2S6. The molecule has 0 saturated heterocycles. The Morgan fingerprint density at radius 2 is 0.534 bits per heavy atom. The first-order valence-electron chi connectivity index (χ1n) is 49.2. The molecule has 6 aromatic heterocycles. The number of hydrogen-bond acceptors (Lipinski definition) is 12. The normalized spacial score (nSPS) is 15.0. The van der Waals surface area contributed by atoms with Crippen molar-refractivity contribution in [1.82, 2.24) is 17.5 Å². The highest BCUT2D eigenvalue weighted by Crippen LogP contribution is 2.60. The third kappa shape index (κ3) is 27.1. The van der Waals surface area contributed by atoms with Gasteiger partial charge in [-0.05, 0) is 105 Å². The first-order chi connectivity index (χ1) is 57.0. The number of nitrogens with zero attached hydrogens (tertiary/aromatic N) is 4. The fraction of sp³-hybridized carbons (Fsp3) is 0.712. The van der Waals surface area contributed by atoms with Crippen LogP contribution < -0.4 is 0 Å². The average molecular weight is 1690 g/mol. The summed E-state index contributed by atoms with van der Waals surface area (Å²) in [7, 11) is 0. The zero-order chi connectivity index (χ0) is 81.4. The smallest absolute Gasteiger partial charge is 0.174 e. The lowest BCUT2D eigenvalue weighted by Crippen LogP contribution is -2.39. The van der Waals surface area contributed by atoms with Crippen LogP contribution in [0.5, 0.6) is 0 Å². The Labute approximate surface area is 731 Å². The van der Waals surface area contributed by atoms with Crippen molar-refractivity contribution < 1.29 is 9.59 Å². The predicted octanol–water partition coefficient (Wildman–Crippen LogP) is 37.3. The van der Waals surface area contributed by atoms with Gasteiger partial charge in [-0.2, -0.15) is 17.5 Å². The minimum atomic E-state index is -0.657. The van der Waals surface area contributed by atoms with Crippen LogP contribution >= 0.6 is 68.8 Å². The summed E-state index contributed by atoms with van der Waals surface area (Å²) in [6.45, 7) is 18.4. The van der Waals surface area contributed by atoms with Crippen LogP contribution in [0.1, 0.15) is 482 Å². The third-order valence-electron chi connectivity index (χ3n) is 27.4. The minimum absolute atomic E-state index is 0.367. The molecule has 0 spiro atoms. The minimum Gasteiger partial charge on any atom is -0.293 e. The van der Waals surface area contributed by atoms with E-state index in [1.807, 2.05) is 45.3 Å². The van der Waals surface area contributed by atoms with Gasteiger partial charge in [0.25, 0.3) is 0 Å². The quantitative estimate of drug-likeness (QED) is 0.0353. The first kappa shape index (κ1) is 94.5. The second kappa shape index (κ2) is 52.6. The number of carbonyl (C=O) groups excluding carboxylic acids is 2. The van der Waals surface area contributed by atoms with Crippen molar-refractivity contribution in [2.24, 2.45) is 11.8 Å². The van der Waals surface area contributed by atoms with E-state index in [9.17, 15) is 0 Å². The number of aryl methyl sites for hydroxylation is 2. The van der Waals surface area contributed by atoms with Gasteiger partial charge in [0.15, 0.2) is 11.6 Å². The van der Waals surface area contributed by atoms with E-state index in [1.165, 1.54) is 411 Å². The van der Waals surface area contributed by atoms with Crippen LogP contribution in [0.3, 0.4) is 0 Å². The lowest BCUT2D eigenvalue weighted by molar-refractivity contribution is 0.0839. The summed E-state index contributed by atoms with van der Waals surface area (Å²) < 4.78 is 20.5. The van der Waals surface area contributed by atoms with Crippen molar-refractivity contribution in [3.63, 3.8) is 0 Å². The summed E-state index contributed by atoms with van der Waals surface area (Å²) >= 11 is 10.1. The van der Waals surface area contributed by atoms with Crippen LogP contribution in [0.4, 0.5) is 0 Å². The van der Waals surface area contributed by atoms with Crippen LogP contribution in [0.25, 0.3) is 72.9 Å². The van der Waals surface area contributed by atoms with Gasteiger partial charge in [-0.1, -0.05) is 425 Å². The number of hydrogen-bond donors (Lipinski definition) is 0. The molecule has 2 aliphatic rings. The zero-order valence-electron chi connectivity index (χ0n) is 74.7. The molecule has 10 rings (SSSR count). The Morgan fingerprint density at radius 3 is 0.888 bits per heavy atom. The number of unbranched alkanes of at least 4 members (excludes halogenated alkanes) is 46. The lowest BCUT2D eigenvalue weighted by atomic mass is 9.63. The van der Waals surface area contributed by atoms with Crippen LogP contribution in [0.15, 0.2) is 48.5 Å². The number of aromatic nitrogens is 4. The topological polar surface area (TPSA) is 85.7 Å². The van der Waals surface area contributed by atoms with Crippen LogP contribution in [0, 0.1) is 25.7 Å². The van der Waals surface area contributed by atoms with Crippen LogP contribution in [-0.2, 0) is 10.8 Å². The molecule has 0 N–H and O–H groups in total. The Kier molecular flexibility index (Phi) is 42.9. The van der Waals surface area contributed by atoms with Crippen molar-refractivity contribution in [3.05, 3.63) is 81.2 Å². The number of ketones is 2. The van der Waals surface area contributed by atoms with Gasteiger partial charge in [0.2, 0.25) is 0 Å². The number of thiophene rings is 4. The van der Waals surface area contributed by atoms with Gasteiger partial charge < -0.3 is 0 Å². The average Bonchev–Trinajstić information content (AvgIpc) is 1.54. The molecule has 2 aromatic carbocycles. The Morgan fingerprint density at radius 1 is 0.267 bits per heavy atom. The van der Waals surface area contributed by atoms with E-state index < -0.39 is 10.8 Å². The fourth-order valence-electron chi connectivity index (χ4n) is 20.1. The van der Waals surface area contributed by atoms with E-state index in [0.717, 1.165) is 117 Å². The molecule has 116 heavy (non-hydrogen) atoms. The van der Waals surface area contributed by atoms with E-state index in [2.05, 4.69) is 104 Å². The SMILES string of the molecule is CCCCCCCCCCCCCCCC1(CCCCCCCCCCCCCCC)C(=O)c2cc(C)sc2-c2sc(-c3ccc(-c4cc5c(s4)-c4sc(-c6ccc(C)c7nsnc67)cc4C(CCC(CCCCCCC)CCCCCCCCC)(CCC(CCCCCCC)CCCCCCCCCCC)C5=O)c4nsnc34)cc21. The maximum Gasteiger partial charge on any atom is 0.174 e. The molecular weight excluding hydrogens is 1530 g/mol. The van der Waals surface area contributed by atoms with Crippen molar-refractivity contribution in [2.45, 2.75) is 464 Å². The van der Waals surface area contributed by atoms with Crippen molar-refractivity contribution in [3.8, 4) is 50.8 Å². The second-order valence-electron chi connectivity index (χ2n) is 36.7. The Balaban J connectivity index is 0.995. The van der Waals surface area contributed by atoms with Crippen LogP contribution in [0.2, 0.25) is 0 Å². The second-order valence-corrected chi connectivity index (χ2v) is 42.2. The standard InChI is InChI=1S/C104H158N4O2S6/c1-9-15-21-27-31-34-36-38-40-43-47-53-59-71-103(72-60-54-48-44-41-39-37-35-32-28-22-16-10-2)88-77-92(113-99(88)97-86(101(103)109)75-80(8)111-97)85-68-67-84(95-96(85)108-116-107-95)90-76-87-98(112-90)100-89(78-91(114-100)83-66-65-79(7)93-94(83)106-115-105-93)104(102(87)110,73-69-81(61-55-49-25-19-13-5)63-57-51-45-30-24-18-12-4)74-70-82(62-56-50-26-20-14-6)64-58-52-46-42-33-29-23-17-11-3/h65-68,75-78,81-82H,9-64,69-74H2,1-8H3. The van der Waals surface area contributed by atoms with E-state index in [0.29, 0.717) is 23.4 Å². The van der Waals surface area contributed by atoms with Gasteiger partial charge in [-0.15, -0.1) is 45.3 Å². The number of carbonyl (C=O) groups is 2. The van der Waals surface area contributed by atoms with Gasteiger partial charge in [0, 0.05) is 57.1 Å². The summed E-state index contributed by atoms with van der Waals surface area (Å²) in [4.78, 5) is 42.8. The molecule has 0 radical (unpaired) electrons. The maximum absolute atomic E-state index is 17.2. The number of Topliss-reactive ketones (excluding diaryl/α,β-unsaturated/α-hetero) is 2. The molecule has 3 atom stereocenters. The largest absolute Gasteiger partial charge is 0.293 e. The van der Waals surface area contributed by atoms with E-state index in [1.54, 1.807) is 0 Å². The lowest BCUT2D eigenvalue weighted by Gasteiger charge is -2.38. The van der Waals surface area contributed by atoms with Gasteiger partial charge >= 0.3 is 0 Å². The van der Waals surface area contributed by atoms with E-state index in [4.69, 9.17) is 17.5 Å². The van der Waals surface area contributed by atoms with E-state index in [-0.39, 0.29) is 0 Å². The Bertz CT molecular complexity index is 4050. The summed E-state index contributed by atoms with van der Waals surface area (Å²) in [5.41, 5.74) is 11.6. The monoisotopic (exact) mass is 1690 g/mol. The number of fused-ring (bicyclic) bond motifs is 8. The van der Waals surface area contributed by atoms with Crippen molar-refractivity contribution >= 4 is 102 Å². The first-order valence-corrected chi connectivity index (χ1v) is 53.9. The fourth-order valence-corrected chi connectivity index (χ4v) is 26.4. The molecule has 0 aliphatic heterocycles. The van der Waals surface area contributed by atoms with Gasteiger partial charge in [-0.25, -0.2) is 0 Å². The van der Waals surface area contributed by atoms with E-state index >= 15 is 9.59 Å². The summed E-state index contributed by atoms with van der Waals surface area (Å²) in [6, 6.07) is 18.8. The van der Waals surface area contributed by atoms with Gasteiger partial charge in [0.05, 0.1) is 44.0 Å². The molecule has 0 fully saturated rings. The molecule has 2 aliphatic carbocycles. The number of benzene rings is 2. The highest BCUT2D eigenvalue weighted by molar-refractivity contribution is 7.26. The van der Waals surface area contributed by atoms with Crippen LogP contribution in [-0.4, -0.2) is 29.1 Å². The van der Waals surface area contributed by atoms with Gasteiger partial charge in [-0.3, -0.25) is 9.59 Å². The molecule has 6 nitrogen and oxygen atoms in total. The highest BCUT2D eigenvalue weighted by atomic mass is 32.1.